The molecule has 0 aliphatic heterocycles. The quantitative estimate of drug-likeness (QED) is 0.0754. The summed E-state index contributed by atoms with van der Waals surface area (Å²) in [7, 11) is 4.56. The minimum atomic E-state index is -2.11. The Kier molecular flexibility index (Phi) is 14.0. The molecule has 7 rings (SSSR count). The number of aryl methyl sites for hydroxylation is 2. The van der Waals surface area contributed by atoms with Crippen LogP contribution in [0.3, 0.4) is 0 Å². The molecule has 0 unspecified atom stereocenters. The molecule has 7 aromatic carbocycles. The SMILES string of the molecule is COc1ccc(-c2ccc(C[P+](c3ccccc3)(c3ccccc3)c3ccccc3)cc2OC)c(CCc2ccc(Oc3cc(C=O)ccc3OC)cc2OC)c1.[Br-]. The summed E-state index contributed by atoms with van der Waals surface area (Å²) in [5.74, 6) is 3.86. The van der Waals surface area contributed by atoms with Crippen LogP contribution in [0.4, 0.5) is 0 Å². The van der Waals surface area contributed by atoms with Gasteiger partial charge in [0.15, 0.2) is 11.5 Å². The number of benzene rings is 7. The second kappa shape index (κ2) is 19.5. The van der Waals surface area contributed by atoms with Crippen LogP contribution in [0.2, 0.25) is 0 Å². The number of methoxy groups -OCH3 is 4. The zero-order valence-corrected chi connectivity index (χ0v) is 35.5. The topological polar surface area (TPSA) is 63.2 Å². The number of halogens is 1. The second-order valence-corrected chi connectivity index (χ2v) is 17.1. The molecule has 0 fully saturated rings. The lowest BCUT2D eigenvalue weighted by Gasteiger charge is -2.28. The van der Waals surface area contributed by atoms with Crippen molar-refractivity contribution in [3.8, 4) is 45.6 Å². The summed E-state index contributed by atoms with van der Waals surface area (Å²) in [6, 6.07) is 56.6. The Morgan fingerprint density at radius 3 is 1.60 bits per heavy atom. The Morgan fingerprint density at radius 2 is 1.03 bits per heavy atom. The molecule has 7 aromatic rings. The van der Waals surface area contributed by atoms with E-state index in [1.807, 2.05) is 24.3 Å². The molecule has 0 amide bonds. The van der Waals surface area contributed by atoms with Crippen LogP contribution in [0.25, 0.3) is 11.1 Å². The molecular formula is C50H46BrO6P. The van der Waals surface area contributed by atoms with Gasteiger partial charge in [-0.2, -0.15) is 0 Å². The lowest BCUT2D eigenvalue weighted by molar-refractivity contribution is -0.0000190. The maximum absolute atomic E-state index is 11.4. The average molecular weight is 854 g/mol. The van der Waals surface area contributed by atoms with Gasteiger partial charge in [0.2, 0.25) is 0 Å². The van der Waals surface area contributed by atoms with Gasteiger partial charge in [0.1, 0.15) is 52.5 Å². The number of rotatable bonds is 16. The highest BCUT2D eigenvalue weighted by Crippen LogP contribution is 2.58. The van der Waals surface area contributed by atoms with E-state index in [4.69, 9.17) is 23.7 Å². The zero-order valence-electron chi connectivity index (χ0n) is 33.1. The van der Waals surface area contributed by atoms with E-state index >= 15 is 0 Å². The fourth-order valence-electron chi connectivity index (χ4n) is 7.50. The van der Waals surface area contributed by atoms with Crippen molar-refractivity contribution in [3.63, 3.8) is 0 Å². The van der Waals surface area contributed by atoms with E-state index < -0.39 is 7.26 Å². The Balaban J connectivity index is 0.00000567. The fraction of sp³-hybridized carbons (Fsp3) is 0.140. The molecular weight excluding hydrogens is 807 g/mol. The van der Waals surface area contributed by atoms with Crippen molar-refractivity contribution in [2.75, 3.05) is 28.4 Å². The van der Waals surface area contributed by atoms with E-state index in [9.17, 15) is 4.79 Å². The summed E-state index contributed by atoms with van der Waals surface area (Å²) in [6.07, 6.45) is 3.04. The van der Waals surface area contributed by atoms with Crippen LogP contribution in [0.15, 0.2) is 164 Å². The maximum atomic E-state index is 11.4. The second-order valence-electron chi connectivity index (χ2n) is 13.6. The third-order valence-electron chi connectivity index (χ3n) is 10.4. The molecule has 0 aromatic heterocycles. The van der Waals surface area contributed by atoms with Crippen molar-refractivity contribution in [3.05, 3.63) is 186 Å². The van der Waals surface area contributed by atoms with Gasteiger partial charge in [0, 0.05) is 17.2 Å². The van der Waals surface area contributed by atoms with Crippen molar-refractivity contribution in [1.29, 1.82) is 0 Å². The number of carbonyl (C=O) groups excluding carboxylic acids is 1. The maximum Gasteiger partial charge on any atom is 0.169 e. The summed E-state index contributed by atoms with van der Waals surface area (Å²) >= 11 is 0. The van der Waals surface area contributed by atoms with Gasteiger partial charge in [-0.25, -0.2) is 0 Å². The van der Waals surface area contributed by atoms with Gasteiger partial charge in [-0.15, -0.1) is 0 Å². The van der Waals surface area contributed by atoms with Crippen molar-refractivity contribution in [1.82, 2.24) is 0 Å². The molecule has 0 atom stereocenters. The van der Waals surface area contributed by atoms with Gasteiger partial charge in [-0.3, -0.25) is 4.79 Å². The van der Waals surface area contributed by atoms with Crippen molar-refractivity contribution in [2.45, 2.75) is 19.0 Å². The van der Waals surface area contributed by atoms with E-state index in [-0.39, 0.29) is 17.0 Å². The minimum absolute atomic E-state index is 0. The first kappa shape index (κ1) is 41.7. The molecule has 294 valence electrons. The summed E-state index contributed by atoms with van der Waals surface area (Å²) in [5.41, 5.74) is 5.95. The Labute approximate surface area is 352 Å². The van der Waals surface area contributed by atoms with Crippen molar-refractivity contribution in [2.24, 2.45) is 0 Å². The summed E-state index contributed by atoms with van der Waals surface area (Å²) in [5, 5.41) is 4.01. The number of aldehydes is 1. The van der Waals surface area contributed by atoms with Crippen LogP contribution in [0.5, 0.6) is 34.5 Å². The van der Waals surface area contributed by atoms with Gasteiger partial charge >= 0.3 is 0 Å². The molecule has 0 radical (unpaired) electrons. The lowest BCUT2D eigenvalue weighted by Crippen LogP contribution is -3.00. The summed E-state index contributed by atoms with van der Waals surface area (Å²) in [4.78, 5) is 11.4. The first-order valence-corrected chi connectivity index (χ1v) is 20.8. The minimum Gasteiger partial charge on any atom is -1.00 e. The molecule has 6 nitrogen and oxygen atoms in total. The van der Waals surface area contributed by atoms with E-state index in [2.05, 4.69) is 121 Å². The van der Waals surface area contributed by atoms with E-state index in [1.54, 1.807) is 46.6 Å². The Morgan fingerprint density at radius 1 is 0.466 bits per heavy atom. The smallest absolute Gasteiger partial charge is 0.169 e. The lowest BCUT2D eigenvalue weighted by atomic mass is 9.93. The monoisotopic (exact) mass is 852 g/mol. The molecule has 8 heteroatoms. The number of hydrogen-bond donors (Lipinski definition) is 0. The van der Waals surface area contributed by atoms with Crippen LogP contribution >= 0.6 is 7.26 Å². The van der Waals surface area contributed by atoms with Gasteiger partial charge in [-0.1, -0.05) is 78.9 Å². The van der Waals surface area contributed by atoms with Crippen LogP contribution in [-0.2, 0) is 19.0 Å². The molecule has 58 heavy (non-hydrogen) atoms. The van der Waals surface area contributed by atoms with Crippen molar-refractivity contribution >= 4 is 29.5 Å². The zero-order chi connectivity index (χ0) is 39.6. The highest BCUT2D eigenvalue weighted by molar-refractivity contribution is 7.95. The molecule has 0 spiro atoms. The molecule has 0 saturated heterocycles. The number of carbonyl (C=O) groups is 1. The molecule has 0 N–H and O–H groups in total. The van der Waals surface area contributed by atoms with E-state index in [0.29, 0.717) is 41.4 Å². The normalized spacial score (nSPS) is 10.9. The van der Waals surface area contributed by atoms with Gasteiger partial charge in [-0.05, 0) is 114 Å². The predicted octanol–water partition coefficient (Wildman–Crippen LogP) is 7.28. The third-order valence-corrected chi connectivity index (χ3v) is 14.7. The Hall–Kier alpha value is -5.88. The van der Waals surface area contributed by atoms with Crippen LogP contribution in [0.1, 0.15) is 27.0 Å². The Bertz CT molecular complexity index is 2340. The fourth-order valence-corrected chi connectivity index (χ4v) is 11.7. The molecule has 0 aliphatic carbocycles. The summed E-state index contributed by atoms with van der Waals surface area (Å²) in [6.45, 7) is 0. The predicted molar refractivity (Wildman–Crippen MR) is 233 cm³/mol. The van der Waals surface area contributed by atoms with E-state index in [0.717, 1.165) is 46.2 Å². The number of ether oxygens (including phenoxy) is 5. The summed E-state index contributed by atoms with van der Waals surface area (Å²) < 4.78 is 29.4. The van der Waals surface area contributed by atoms with Gasteiger partial charge < -0.3 is 40.7 Å². The van der Waals surface area contributed by atoms with Crippen LogP contribution < -0.4 is 56.6 Å². The van der Waals surface area contributed by atoms with Gasteiger partial charge in [0.05, 0.1) is 34.6 Å². The molecule has 0 heterocycles. The largest absolute Gasteiger partial charge is 1.00 e. The molecule has 0 aliphatic rings. The third kappa shape index (κ3) is 8.97. The first-order chi connectivity index (χ1) is 28.0. The van der Waals surface area contributed by atoms with E-state index in [1.165, 1.54) is 21.5 Å². The number of hydrogen-bond acceptors (Lipinski definition) is 6. The molecule has 0 bridgehead atoms. The van der Waals surface area contributed by atoms with Gasteiger partial charge in [0.25, 0.3) is 0 Å². The highest BCUT2D eigenvalue weighted by atomic mass is 79.9. The molecule has 0 saturated carbocycles. The highest BCUT2D eigenvalue weighted by Gasteiger charge is 2.45. The van der Waals surface area contributed by atoms with Crippen LogP contribution in [0, 0.1) is 0 Å². The average Bonchev–Trinajstić information content (AvgIpc) is 3.28. The van der Waals surface area contributed by atoms with Crippen molar-refractivity contribution < 1.29 is 45.5 Å². The standard InChI is InChI=1S/C50H46O6P.BrH/c1-52-40-26-28-45(39(32-40)23-22-38-24-25-41(33-48(38)54-3)56-50-30-36(34-51)21-29-47(50)53-2)46-27-20-37(31-49(46)55-4)35-57(42-14-8-5-9-15-42,43-16-10-6-11-17-43)44-18-12-7-13-19-44;/h5-21,24-34H,22-23,35H2,1-4H3;1H/q+1;/p-1. The van der Waals surface area contributed by atoms with Crippen LogP contribution in [-0.4, -0.2) is 34.7 Å². The first-order valence-electron chi connectivity index (χ1n) is 18.9.